The number of rotatable bonds is 4. The van der Waals surface area contributed by atoms with Gasteiger partial charge in [-0.05, 0) is 75.2 Å². The van der Waals surface area contributed by atoms with Crippen LogP contribution in [-0.4, -0.2) is 0 Å². The second kappa shape index (κ2) is 8.75. The molecule has 7 rings (SSSR count). The fraction of sp³-hybridized carbons (Fsp3) is 0.0811. The number of para-hydroxylation sites is 2. The summed E-state index contributed by atoms with van der Waals surface area (Å²) in [7, 11) is 0. The van der Waals surface area contributed by atoms with Gasteiger partial charge in [0.2, 0.25) is 0 Å². The van der Waals surface area contributed by atoms with E-state index in [1.54, 1.807) is 0 Å². The Hall–Kier alpha value is -4.62. The Morgan fingerprint density at radius 3 is 1.76 bits per heavy atom. The summed E-state index contributed by atoms with van der Waals surface area (Å²) in [5.74, 6) is 0. The predicted molar refractivity (Wildman–Crippen MR) is 162 cm³/mol. The van der Waals surface area contributed by atoms with Gasteiger partial charge in [-0.25, -0.2) is 0 Å². The van der Waals surface area contributed by atoms with E-state index in [1.807, 2.05) is 0 Å². The van der Waals surface area contributed by atoms with Crippen LogP contribution >= 0.6 is 0 Å². The summed E-state index contributed by atoms with van der Waals surface area (Å²) in [6.07, 6.45) is 0. The van der Waals surface area contributed by atoms with Crippen LogP contribution in [-0.2, 0) is 5.41 Å². The minimum atomic E-state index is -0.0323. The molecule has 1 nitrogen and oxygen atoms in total. The molecule has 6 aromatic carbocycles. The molecule has 1 heteroatoms. The zero-order valence-electron chi connectivity index (χ0n) is 21.7. The first kappa shape index (κ1) is 22.6. The molecule has 6 aromatic rings. The van der Waals surface area contributed by atoms with Crippen molar-refractivity contribution in [2.45, 2.75) is 19.3 Å². The van der Waals surface area contributed by atoms with Crippen molar-refractivity contribution in [3.8, 4) is 22.3 Å². The smallest absolute Gasteiger partial charge is 0.0546 e. The van der Waals surface area contributed by atoms with Crippen molar-refractivity contribution in [3.63, 3.8) is 0 Å². The van der Waals surface area contributed by atoms with Crippen molar-refractivity contribution in [2.24, 2.45) is 0 Å². The number of hydrogen-bond acceptors (Lipinski definition) is 1. The zero-order valence-corrected chi connectivity index (χ0v) is 21.7. The van der Waals surface area contributed by atoms with E-state index in [2.05, 4.69) is 158 Å². The average molecular weight is 488 g/mol. The van der Waals surface area contributed by atoms with Gasteiger partial charge in [0.15, 0.2) is 0 Å². The van der Waals surface area contributed by atoms with Crippen molar-refractivity contribution in [1.82, 2.24) is 0 Å². The molecule has 182 valence electrons. The van der Waals surface area contributed by atoms with Crippen molar-refractivity contribution in [2.75, 3.05) is 4.90 Å². The van der Waals surface area contributed by atoms with E-state index in [1.165, 1.54) is 49.8 Å². The lowest BCUT2D eigenvalue weighted by molar-refractivity contribution is 0.660. The maximum Gasteiger partial charge on any atom is 0.0546 e. The van der Waals surface area contributed by atoms with Crippen molar-refractivity contribution in [1.29, 1.82) is 0 Å². The maximum absolute atomic E-state index is 2.43. The monoisotopic (exact) mass is 487 g/mol. The zero-order chi connectivity index (χ0) is 25.7. The van der Waals surface area contributed by atoms with Gasteiger partial charge in [0, 0.05) is 22.2 Å². The minimum absolute atomic E-state index is 0.0323. The number of benzene rings is 6. The van der Waals surface area contributed by atoms with E-state index in [0.717, 1.165) is 11.4 Å². The average Bonchev–Trinajstić information content (AvgIpc) is 3.20. The van der Waals surface area contributed by atoms with Crippen LogP contribution in [0.4, 0.5) is 17.1 Å². The molecule has 0 fully saturated rings. The Morgan fingerprint density at radius 2 is 1.05 bits per heavy atom. The molecule has 0 spiro atoms. The third kappa shape index (κ3) is 3.47. The highest BCUT2D eigenvalue weighted by molar-refractivity contribution is 6.08. The Morgan fingerprint density at radius 1 is 0.474 bits per heavy atom. The Kier molecular flexibility index (Phi) is 5.19. The molecule has 0 N–H and O–H groups in total. The maximum atomic E-state index is 2.43. The van der Waals surface area contributed by atoms with Gasteiger partial charge in [-0.2, -0.15) is 0 Å². The fourth-order valence-corrected chi connectivity index (χ4v) is 6.20. The Balaban J connectivity index is 1.47. The molecule has 38 heavy (non-hydrogen) atoms. The molecule has 0 unspecified atom stereocenters. The Labute approximate surface area is 224 Å². The van der Waals surface area contributed by atoms with Crippen molar-refractivity contribution in [3.05, 3.63) is 151 Å². The van der Waals surface area contributed by atoms with Crippen LogP contribution < -0.4 is 4.90 Å². The number of nitrogens with zero attached hydrogens (tertiary/aromatic N) is 1. The van der Waals surface area contributed by atoms with Crippen LogP contribution in [0.1, 0.15) is 25.0 Å². The molecule has 0 saturated carbocycles. The van der Waals surface area contributed by atoms with Crippen LogP contribution in [0.15, 0.2) is 140 Å². The highest BCUT2D eigenvalue weighted by Crippen LogP contribution is 2.50. The number of fused-ring (bicyclic) bond motifs is 4. The summed E-state index contributed by atoms with van der Waals surface area (Å²) >= 11 is 0. The summed E-state index contributed by atoms with van der Waals surface area (Å²) < 4.78 is 0. The van der Waals surface area contributed by atoms with Gasteiger partial charge >= 0.3 is 0 Å². The molecule has 0 saturated heterocycles. The summed E-state index contributed by atoms with van der Waals surface area (Å²) in [4.78, 5) is 2.37. The second-order valence-corrected chi connectivity index (χ2v) is 10.6. The highest BCUT2D eigenvalue weighted by atomic mass is 15.1. The number of anilines is 3. The van der Waals surface area contributed by atoms with Crippen molar-refractivity contribution < 1.29 is 0 Å². The highest BCUT2D eigenvalue weighted by Gasteiger charge is 2.35. The van der Waals surface area contributed by atoms with Gasteiger partial charge in [0.25, 0.3) is 0 Å². The van der Waals surface area contributed by atoms with Gasteiger partial charge in [0.05, 0.1) is 5.69 Å². The second-order valence-electron chi connectivity index (χ2n) is 10.6. The molecular formula is C37H29N. The third-order valence-corrected chi connectivity index (χ3v) is 8.05. The topological polar surface area (TPSA) is 3.24 Å². The predicted octanol–water partition coefficient (Wildman–Crippen LogP) is 10.3. The summed E-state index contributed by atoms with van der Waals surface area (Å²) in [6, 6.07) is 50.6. The van der Waals surface area contributed by atoms with Crippen LogP contribution in [0.25, 0.3) is 33.0 Å². The molecular weight excluding hydrogens is 458 g/mol. The lowest BCUT2D eigenvalue weighted by Crippen LogP contribution is -2.15. The molecule has 1 aliphatic rings. The summed E-state index contributed by atoms with van der Waals surface area (Å²) in [6.45, 7) is 4.70. The van der Waals surface area contributed by atoms with Gasteiger partial charge in [0.1, 0.15) is 0 Å². The molecule has 1 aliphatic carbocycles. The molecule has 0 atom stereocenters. The first-order valence-corrected chi connectivity index (χ1v) is 13.3. The van der Waals surface area contributed by atoms with E-state index in [-0.39, 0.29) is 5.41 Å². The van der Waals surface area contributed by atoms with Gasteiger partial charge < -0.3 is 4.90 Å². The van der Waals surface area contributed by atoms with E-state index in [9.17, 15) is 0 Å². The quantitative estimate of drug-likeness (QED) is 0.239. The molecule has 0 bridgehead atoms. The van der Waals surface area contributed by atoms with Crippen molar-refractivity contribution >= 4 is 27.8 Å². The largest absolute Gasteiger partial charge is 0.310 e. The van der Waals surface area contributed by atoms with E-state index < -0.39 is 0 Å². The standard InChI is InChI=1S/C37H29N/c1-37(2)33-21-10-9-19-31(33)32-24-23-27(25-34(32)37)30-20-11-13-26-14-12-22-35(36(26)30)38(28-15-5-3-6-16-28)29-17-7-4-8-18-29/h3-25H,1-2H3. The van der Waals surface area contributed by atoms with Crippen LogP contribution in [0.3, 0.4) is 0 Å². The third-order valence-electron chi connectivity index (χ3n) is 8.05. The lowest BCUT2D eigenvalue weighted by atomic mass is 9.81. The minimum Gasteiger partial charge on any atom is -0.310 e. The van der Waals surface area contributed by atoms with Crippen LogP contribution in [0.5, 0.6) is 0 Å². The molecule has 0 amide bonds. The van der Waals surface area contributed by atoms with Crippen LogP contribution in [0, 0.1) is 0 Å². The SMILES string of the molecule is CC1(C)c2ccccc2-c2ccc(-c3cccc4cccc(N(c5ccccc5)c5ccccc5)c34)cc21. The molecule has 0 aliphatic heterocycles. The summed E-state index contributed by atoms with van der Waals surface area (Å²) in [5, 5.41) is 2.50. The van der Waals surface area contributed by atoms with Crippen LogP contribution in [0.2, 0.25) is 0 Å². The first-order chi connectivity index (χ1) is 18.6. The first-order valence-electron chi connectivity index (χ1n) is 13.3. The Bertz CT molecular complexity index is 1740. The number of hydrogen-bond donors (Lipinski definition) is 0. The summed E-state index contributed by atoms with van der Waals surface area (Å²) in [5.41, 5.74) is 11.5. The normalized spacial score (nSPS) is 13.2. The fourth-order valence-electron chi connectivity index (χ4n) is 6.20. The van der Waals surface area contributed by atoms with Gasteiger partial charge in [-0.1, -0.05) is 117 Å². The molecule has 0 aromatic heterocycles. The van der Waals surface area contributed by atoms with Gasteiger partial charge in [-0.3, -0.25) is 0 Å². The van der Waals surface area contributed by atoms with Gasteiger partial charge in [-0.15, -0.1) is 0 Å². The lowest BCUT2D eigenvalue weighted by Gasteiger charge is -2.28. The van der Waals surface area contributed by atoms with E-state index in [0.29, 0.717) is 0 Å². The van der Waals surface area contributed by atoms with E-state index in [4.69, 9.17) is 0 Å². The molecule has 0 heterocycles. The molecule has 0 radical (unpaired) electrons. The van der Waals surface area contributed by atoms with E-state index >= 15 is 0 Å².